The van der Waals surface area contributed by atoms with E-state index in [-0.39, 0.29) is 0 Å². The van der Waals surface area contributed by atoms with Gasteiger partial charge in [0.1, 0.15) is 0 Å². The molecule has 0 saturated carbocycles. The van der Waals surface area contributed by atoms with E-state index in [4.69, 9.17) is 4.74 Å². The van der Waals surface area contributed by atoms with E-state index in [0.717, 1.165) is 19.8 Å². The predicted octanol–water partition coefficient (Wildman–Crippen LogP) is 1.24. The Balaban J connectivity index is 1.55. The molecule has 0 bridgehead atoms. The van der Waals surface area contributed by atoms with E-state index < -0.39 is 0 Å². The minimum absolute atomic E-state index is 0.622. The highest BCUT2D eigenvalue weighted by molar-refractivity contribution is 4.72. The molecule has 15 heavy (non-hydrogen) atoms. The molecule has 2 aliphatic heterocycles. The van der Waals surface area contributed by atoms with E-state index in [1.807, 2.05) is 0 Å². The van der Waals surface area contributed by atoms with Gasteiger partial charge in [0.25, 0.3) is 0 Å². The molecule has 0 amide bonds. The van der Waals surface area contributed by atoms with E-state index in [1.54, 1.807) is 0 Å². The van der Waals surface area contributed by atoms with Crippen molar-refractivity contribution in [3.8, 4) is 0 Å². The van der Waals surface area contributed by atoms with Crippen LogP contribution in [0.3, 0.4) is 0 Å². The van der Waals surface area contributed by atoms with Gasteiger partial charge in [-0.15, -0.1) is 0 Å². The lowest BCUT2D eigenvalue weighted by molar-refractivity contribution is 0.188. The molecule has 2 rings (SSSR count). The zero-order valence-corrected chi connectivity index (χ0v) is 9.71. The van der Waals surface area contributed by atoms with Gasteiger partial charge in [0.2, 0.25) is 0 Å². The first kappa shape index (κ1) is 11.4. The normalized spacial score (nSPS) is 29.2. The standard InChI is InChI=1S/C12H24N2O/c1-2-4-8-14(7-3-1)9-6-13-12-5-10-15-11-12/h12-13H,1-11H2. The van der Waals surface area contributed by atoms with Crippen LogP contribution in [0.15, 0.2) is 0 Å². The molecule has 88 valence electrons. The Hall–Kier alpha value is -0.120. The molecule has 0 aromatic carbocycles. The molecule has 0 aromatic rings. The molecule has 1 atom stereocenters. The summed E-state index contributed by atoms with van der Waals surface area (Å²) < 4.78 is 5.34. The summed E-state index contributed by atoms with van der Waals surface area (Å²) >= 11 is 0. The van der Waals surface area contributed by atoms with Gasteiger partial charge < -0.3 is 15.0 Å². The van der Waals surface area contributed by atoms with Crippen molar-refractivity contribution in [3.05, 3.63) is 0 Å². The van der Waals surface area contributed by atoms with Gasteiger partial charge >= 0.3 is 0 Å². The van der Waals surface area contributed by atoms with Gasteiger partial charge in [-0.25, -0.2) is 0 Å². The van der Waals surface area contributed by atoms with Gasteiger partial charge in [-0.2, -0.15) is 0 Å². The van der Waals surface area contributed by atoms with Crippen molar-refractivity contribution in [2.24, 2.45) is 0 Å². The molecule has 2 saturated heterocycles. The molecule has 2 fully saturated rings. The van der Waals surface area contributed by atoms with E-state index in [2.05, 4.69) is 10.2 Å². The zero-order chi connectivity index (χ0) is 10.3. The average molecular weight is 212 g/mol. The molecular weight excluding hydrogens is 188 g/mol. The second kappa shape index (κ2) is 6.46. The summed E-state index contributed by atoms with van der Waals surface area (Å²) in [5.74, 6) is 0. The summed E-state index contributed by atoms with van der Waals surface area (Å²) in [5.41, 5.74) is 0. The molecule has 2 heterocycles. The van der Waals surface area contributed by atoms with Crippen LogP contribution >= 0.6 is 0 Å². The maximum Gasteiger partial charge on any atom is 0.0620 e. The average Bonchev–Trinajstić information content (AvgIpc) is 2.62. The van der Waals surface area contributed by atoms with Gasteiger partial charge in [0.05, 0.1) is 6.61 Å². The van der Waals surface area contributed by atoms with E-state index >= 15 is 0 Å². The molecule has 1 N–H and O–H groups in total. The summed E-state index contributed by atoms with van der Waals surface area (Å²) in [7, 11) is 0. The summed E-state index contributed by atoms with van der Waals surface area (Å²) in [6.07, 6.45) is 6.85. The first-order chi connectivity index (χ1) is 7.45. The minimum Gasteiger partial charge on any atom is -0.380 e. The maximum absolute atomic E-state index is 5.34. The number of rotatable bonds is 4. The molecular formula is C12H24N2O. The largest absolute Gasteiger partial charge is 0.380 e. The molecule has 3 nitrogen and oxygen atoms in total. The SMILES string of the molecule is C1CCCN(CCNC2CCOC2)CC1. The van der Waals surface area contributed by atoms with Gasteiger partial charge in [-0.1, -0.05) is 12.8 Å². The monoisotopic (exact) mass is 212 g/mol. The fourth-order valence-electron chi connectivity index (χ4n) is 2.48. The Bertz CT molecular complexity index is 161. The quantitative estimate of drug-likeness (QED) is 0.759. The Labute approximate surface area is 93.2 Å². The van der Waals surface area contributed by atoms with Crippen molar-refractivity contribution in [2.45, 2.75) is 38.1 Å². The lowest BCUT2D eigenvalue weighted by atomic mass is 10.2. The molecule has 0 aliphatic carbocycles. The number of likely N-dealkylation sites (tertiary alicyclic amines) is 1. The second-order valence-electron chi connectivity index (χ2n) is 4.77. The highest BCUT2D eigenvalue weighted by Crippen LogP contribution is 2.09. The van der Waals surface area contributed by atoms with Gasteiger partial charge in [-0.3, -0.25) is 0 Å². The van der Waals surface area contributed by atoms with Gasteiger partial charge in [0, 0.05) is 25.7 Å². The Morgan fingerprint density at radius 3 is 2.60 bits per heavy atom. The number of nitrogens with one attached hydrogen (secondary N) is 1. The molecule has 2 aliphatic rings. The van der Waals surface area contributed by atoms with Crippen molar-refractivity contribution in [3.63, 3.8) is 0 Å². The minimum atomic E-state index is 0.622. The lowest BCUT2D eigenvalue weighted by Crippen LogP contribution is -2.37. The first-order valence-corrected chi connectivity index (χ1v) is 6.48. The third-order valence-electron chi connectivity index (χ3n) is 3.49. The fraction of sp³-hybridized carbons (Fsp3) is 1.00. The van der Waals surface area contributed by atoms with Crippen LogP contribution in [0.1, 0.15) is 32.1 Å². The van der Waals surface area contributed by atoms with Crippen LogP contribution in [0, 0.1) is 0 Å². The highest BCUT2D eigenvalue weighted by atomic mass is 16.5. The van der Waals surface area contributed by atoms with Crippen molar-refractivity contribution in [1.82, 2.24) is 10.2 Å². The molecule has 1 unspecified atom stereocenters. The fourth-order valence-corrected chi connectivity index (χ4v) is 2.48. The van der Waals surface area contributed by atoms with E-state index in [1.165, 1.54) is 51.7 Å². The Kier molecular flexibility index (Phi) is 4.90. The van der Waals surface area contributed by atoms with Crippen LogP contribution in [-0.2, 0) is 4.74 Å². The number of hydrogen-bond donors (Lipinski definition) is 1. The van der Waals surface area contributed by atoms with Gasteiger partial charge in [0.15, 0.2) is 0 Å². The second-order valence-corrected chi connectivity index (χ2v) is 4.77. The number of hydrogen-bond acceptors (Lipinski definition) is 3. The number of nitrogens with zero attached hydrogens (tertiary/aromatic N) is 1. The predicted molar refractivity (Wildman–Crippen MR) is 62.1 cm³/mol. The van der Waals surface area contributed by atoms with Gasteiger partial charge in [-0.05, 0) is 32.4 Å². The molecule has 0 spiro atoms. The van der Waals surface area contributed by atoms with Crippen LogP contribution in [0.25, 0.3) is 0 Å². The van der Waals surface area contributed by atoms with Crippen LogP contribution in [0.5, 0.6) is 0 Å². The van der Waals surface area contributed by atoms with Crippen LogP contribution in [0.4, 0.5) is 0 Å². The molecule has 3 heteroatoms. The lowest BCUT2D eigenvalue weighted by Gasteiger charge is -2.21. The smallest absolute Gasteiger partial charge is 0.0620 e. The highest BCUT2D eigenvalue weighted by Gasteiger charge is 2.15. The molecule has 0 aromatic heterocycles. The maximum atomic E-state index is 5.34. The Morgan fingerprint density at radius 2 is 1.93 bits per heavy atom. The van der Waals surface area contributed by atoms with Crippen LogP contribution in [0.2, 0.25) is 0 Å². The van der Waals surface area contributed by atoms with Crippen LogP contribution in [-0.4, -0.2) is 50.3 Å². The topological polar surface area (TPSA) is 24.5 Å². The summed E-state index contributed by atoms with van der Waals surface area (Å²) in [6, 6.07) is 0.622. The Morgan fingerprint density at radius 1 is 1.13 bits per heavy atom. The van der Waals surface area contributed by atoms with Crippen molar-refractivity contribution < 1.29 is 4.74 Å². The first-order valence-electron chi connectivity index (χ1n) is 6.48. The summed E-state index contributed by atoms with van der Waals surface area (Å²) in [6.45, 7) is 6.83. The van der Waals surface area contributed by atoms with Crippen molar-refractivity contribution in [2.75, 3.05) is 39.4 Å². The van der Waals surface area contributed by atoms with Crippen LogP contribution < -0.4 is 5.32 Å². The van der Waals surface area contributed by atoms with E-state index in [9.17, 15) is 0 Å². The number of ether oxygens (including phenoxy) is 1. The van der Waals surface area contributed by atoms with Crippen molar-refractivity contribution >= 4 is 0 Å². The third-order valence-corrected chi connectivity index (χ3v) is 3.49. The van der Waals surface area contributed by atoms with E-state index in [0.29, 0.717) is 6.04 Å². The summed E-state index contributed by atoms with van der Waals surface area (Å²) in [5, 5.41) is 3.58. The summed E-state index contributed by atoms with van der Waals surface area (Å²) in [4.78, 5) is 2.61. The van der Waals surface area contributed by atoms with Crippen molar-refractivity contribution in [1.29, 1.82) is 0 Å². The zero-order valence-electron chi connectivity index (χ0n) is 9.71. The third kappa shape index (κ3) is 4.09. The molecule has 0 radical (unpaired) electrons.